The van der Waals surface area contributed by atoms with Gasteiger partial charge < -0.3 is 4.90 Å². The van der Waals surface area contributed by atoms with Crippen molar-refractivity contribution in [3.63, 3.8) is 0 Å². The monoisotopic (exact) mass is 278 g/mol. The van der Waals surface area contributed by atoms with E-state index in [-0.39, 0.29) is 0 Å². The Bertz CT molecular complexity index is 665. The number of amidine groups is 1. The van der Waals surface area contributed by atoms with Gasteiger partial charge in [0.05, 0.1) is 6.54 Å². The molecule has 0 N–H and O–H groups in total. The number of anilines is 1. The van der Waals surface area contributed by atoms with Crippen LogP contribution in [-0.4, -0.2) is 18.9 Å². The van der Waals surface area contributed by atoms with Crippen LogP contribution in [0.25, 0.3) is 0 Å². The first-order valence-electron chi connectivity index (χ1n) is 7.69. The minimum Gasteiger partial charge on any atom is -0.324 e. The molecule has 0 bridgehead atoms. The average Bonchev–Trinajstić information content (AvgIpc) is 2.96. The molecular formula is C19H22N2. The molecule has 2 aromatic rings. The smallest absolute Gasteiger partial charge is 0.135 e. The molecule has 0 amide bonds. The number of nitrogens with zero attached hydrogens (tertiary/aromatic N) is 2. The third-order valence-corrected chi connectivity index (χ3v) is 4.19. The van der Waals surface area contributed by atoms with E-state index in [1.165, 1.54) is 27.9 Å². The van der Waals surface area contributed by atoms with Gasteiger partial charge in [-0.25, -0.2) is 0 Å². The number of para-hydroxylation sites is 1. The molecule has 0 unspecified atom stereocenters. The Labute approximate surface area is 127 Å². The molecule has 0 saturated carbocycles. The van der Waals surface area contributed by atoms with Crippen LogP contribution in [0, 0.1) is 13.8 Å². The molecule has 2 nitrogen and oxygen atoms in total. The van der Waals surface area contributed by atoms with Crippen LogP contribution in [0.1, 0.15) is 29.2 Å². The van der Waals surface area contributed by atoms with E-state index < -0.39 is 0 Å². The third-order valence-electron chi connectivity index (χ3n) is 4.19. The van der Waals surface area contributed by atoms with Gasteiger partial charge in [-0.2, -0.15) is 0 Å². The Morgan fingerprint density at radius 3 is 2.43 bits per heavy atom. The highest BCUT2D eigenvalue weighted by molar-refractivity contribution is 6.12. The Hall–Kier alpha value is -2.09. The topological polar surface area (TPSA) is 15.6 Å². The van der Waals surface area contributed by atoms with Crippen molar-refractivity contribution in [3.05, 3.63) is 64.7 Å². The van der Waals surface area contributed by atoms with E-state index in [0.717, 1.165) is 25.3 Å². The fourth-order valence-corrected chi connectivity index (χ4v) is 3.17. The zero-order chi connectivity index (χ0) is 14.8. The Morgan fingerprint density at radius 1 is 1.00 bits per heavy atom. The van der Waals surface area contributed by atoms with Crippen LogP contribution in [0.3, 0.4) is 0 Å². The summed E-state index contributed by atoms with van der Waals surface area (Å²) in [5.74, 6) is 1.13. The van der Waals surface area contributed by atoms with Gasteiger partial charge in [0.25, 0.3) is 0 Å². The van der Waals surface area contributed by atoms with Crippen molar-refractivity contribution in [1.82, 2.24) is 0 Å². The second kappa shape index (κ2) is 5.72. The summed E-state index contributed by atoms with van der Waals surface area (Å²) in [6.07, 6.45) is 1.04. The first kappa shape index (κ1) is 13.9. The summed E-state index contributed by atoms with van der Waals surface area (Å²) in [6.45, 7) is 8.42. The fraction of sp³-hybridized carbons (Fsp3) is 0.316. The summed E-state index contributed by atoms with van der Waals surface area (Å²) in [5, 5.41) is 0. The lowest BCUT2D eigenvalue weighted by atomic mass is 10.0. The molecule has 21 heavy (non-hydrogen) atoms. The lowest BCUT2D eigenvalue weighted by Crippen LogP contribution is -2.30. The van der Waals surface area contributed by atoms with Crippen LogP contribution >= 0.6 is 0 Å². The van der Waals surface area contributed by atoms with E-state index in [1.807, 2.05) is 0 Å². The number of hydrogen-bond donors (Lipinski definition) is 0. The molecule has 2 aromatic carbocycles. The van der Waals surface area contributed by atoms with Crippen molar-refractivity contribution in [3.8, 4) is 0 Å². The minimum atomic E-state index is 0.876. The highest BCUT2D eigenvalue weighted by Gasteiger charge is 2.24. The third kappa shape index (κ3) is 2.46. The number of benzene rings is 2. The highest BCUT2D eigenvalue weighted by Crippen LogP contribution is 2.29. The van der Waals surface area contributed by atoms with E-state index in [9.17, 15) is 0 Å². The molecule has 0 atom stereocenters. The molecular weight excluding hydrogens is 256 g/mol. The summed E-state index contributed by atoms with van der Waals surface area (Å²) < 4.78 is 0. The van der Waals surface area contributed by atoms with Crippen LogP contribution < -0.4 is 4.90 Å². The second-order valence-electron chi connectivity index (χ2n) is 5.61. The minimum absolute atomic E-state index is 0.876. The van der Waals surface area contributed by atoms with Gasteiger partial charge in [0.2, 0.25) is 0 Å². The highest BCUT2D eigenvalue weighted by atomic mass is 15.2. The maximum Gasteiger partial charge on any atom is 0.135 e. The van der Waals surface area contributed by atoms with Gasteiger partial charge in [-0.05, 0) is 37.0 Å². The molecule has 0 aliphatic carbocycles. The quantitative estimate of drug-likeness (QED) is 0.824. The van der Waals surface area contributed by atoms with Gasteiger partial charge in [-0.15, -0.1) is 0 Å². The Morgan fingerprint density at radius 2 is 1.71 bits per heavy atom. The zero-order valence-electron chi connectivity index (χ0n) is 13.1. The average molecular weight is 278 g/mol. The van der Waals surface area contributed by atoms with Crippen LogP contribution in [0.15, 0.2) is 47.5 Å². The SMILES string of the molecule is CCc1ccccc1C1=NCCN1c1c(C)cccc1C. The van der Waals surface area contributed by atoms with Gasteiger partial charge in [0.1, 0.15) is 5.84 Å². The molecule has 3 rings (SSSR count). The maximum absolute atomic E-state index is 4.80. The largest absolute Gasteiger partial charge is 0.324 e. The molecule has 2 heteroatoms. The number of aliphatic imine (C=N–C) groups is 1. The molecule has 108 valence electrons. The molecule has 0 radical (unpaired) electrons. The van der Waals surface area contributed by atoms with Crippen LogP contribution in [0.5, 0.6) is 0 Å². The lowest BCUT2D eigenvalue weighted by Gasteiger charge is -2.25. The van der Waals surface area contributed by atoms with Crippen LogP contribution in [0.4, 0.5) is 5.69 Å². The predicted octanol–water partition coefficient (Wildman–Crippen LogP) is 4.13. The normalized spacial score (nSPS) is 14.4. The lowest BCUT2D eigenvalue weighted by molar-refractivity contribution is 1.01. The van der Waals surface area contributed by atoms with E-state index >= 15 is 0 Å². The van der Waals surface area contributed by atoms with Crippen molar-refractivity contribution in [2.75, 3.05) is 18.0 Å². The van der Waals surface area contributed by atoms with E-state index in [4.69, 9.17) is 4.99 Å². The van der Waals surface area contributed by atoms with Crippen molar-refractivity contribution in [2.45, 2.75) is 27.2 Å². The molecule has 1 aliphatic rings. The first-order chi connectivity index (χ1) is 10.2. The molecule has 0 aromatic heterocycles. The molecule has 0 spiro atoms. The standard InChI is InChI=1S/C19H22N2/c1-4-16-10-5-6-11-17(16)19-20-12-13-21(19)18-14(2)8-7-9-15(18)3/h5-11H,4,12-13H2,1-3H3. The first-order valence-corrected chi connectivity index (χ1v) is 7.69. The Kier molecular flexibility index (Phi) is 3.78. The van der Waals surface area contributed by atoms with Crippen molar-refractivity contribution >= 4 is 11.5 Å². The van der Waals surface area contributed by atoms with Gasteiger partial charge in [-0.1, -0.05) is 49.4 Å². The van der Waals surface area contributed by atoms with Gasteiger partial charge in [-0.3, -0.25) is 4.99 Å². The molecule has 1 heterocycles. The molecule has 1 aliphatic heterocycles. The molecule has 0 saturated heterocycles. The van der Waals surface area contributed by atoms with E-state index in [2.05, 4.69) is 68.1 Å². The maximum atomic E-state index is 4.80. The van der Waals surface area contributed by atoms with Crippen molar-refractivity contribution in [1.29, 1.82) is 0 Å². The summed E-state index contributed by atoms with van der Waals surface area (Å²) in [5.41, 5.74) is 6.60. The summed E-state index contributed by atoms with van der Waals surface area (Å²) in [6, 6.07) is 15.1. The Balaban J connectivity index is 2.08. The van der Waals surface area contributed by atoms with Crippen LogP contribution in [0.2, 0.25) is 0 Å². The van der Waals surface area contributed by atoms with Crippen LogP contribution in [-0.2, 0) is 6.42 Å². The zero-order valence-corrected chi connectivity index (χ0v) is 13.1. The number of hydrogen-bond acceptors (Lipinski definition) is 2. The van der Waals surface area contributed by atoms with E-state index in [1.54, 1.807) is 0 Å². The second-order valence-corrected chi connectivity index (χ2v) is 5.61. The van der Waals surface area contributed by atoms with Gasteiger partial charge >= 0.3 is 0 Å². The van der Waals surface area contributed by atoms with Crippen molar-refractivity contribution < 1.29 is 0 Å². The summed E-state index contributed by atoms with van der Waals surface area (Å²) >= 11 is 0. The summed E-state index contributed by atoms with van der Waals surface area (Å²) in [4.78, 5) is 7.19. The predicted molar refractivity (Wildman–Crippen MR) is 90.5 cm³/mol. The molecule has 0 fully saturated rings. The number of rotatable bonds is 3. The fourth-order valence-electron chi connectivity index (χ4n) is 3.17. The van der Waals surface area contributed by atoms with Gasteiger partial charge in [0.15, 0.2) is 0 Å². The van der Waals surface area contributed by atoms with Gasteiger partial charge in [0, 0.05) is 17.8 Å². The summed E-state index contributed by atoms with van der Waals surface area (Å²) in [7, 11) is 0. The van der Waals surface area contributed by atoms with E-state index in [0.29, 0.717) is 0 Å². The van der Waals surface area contributed by atoms with Crippen molar-refractivity contribution in [2.24, 2.45) is 4.99 Å². The number of aryl methyl sites for hydroxylation is 3.